The maximum absolute atomic E-state index is 5.81. The van der Waals surface area contributed by atoms with Crippen LogP contribution in [0.3, 0.4) is 0 Å². The number of rotatable bonds is 3. The minimum absolute atomic E-state index is 0.477. The Labute approximate surface area is 115 Å². The standard InChI is InChI=1S/C15H22N2S/c1-10-7-8-14(12(9-10)15(16)18)17-13-6-4-3-5-11(13)2/h7-9,11,13,17H,3-6H2,1-2H3,(H2,16,18). The highest BCUT2D eigenvalue weighted by atomic mass is 32.1. The number of nitrogens with one attached hydrogen (secondary N) is 1. The Morgan fingerprint density at radius 3 is 2.72 bits per heavy atom. The van der Waals surface area contributed by atoms with Gasteiger partial charge >= 0.3 is 0 Å². The van der Waals surface area contributed by atoms with Gasteiger partial charge in [0.25, 0.3) is 0 Å². The van der Waals surface area contributed by atoms with Gasteiger partial charge in [-0.3, -0.25) is 0 Å². The van der Waals surface area contributed by atoms with Gasteiger partial charge in [0.05, 0.1) is 0 Å². The van der Waals surface area contributed by atoms with Crippen molar-refractivity contribution in [2.75, 3.05) is 5.32 Å². The fourth-order valence-electron chi connectivity index (χ4n) is 2.72. The zero-order chi connectivity index (χ0) is 13.1. The van der Waals surface area contributed by atoms with E-state index in [1.54, 1.807) is 0 Å². The second-order valence-electron chi connectivity index (χ2n) is 5.43. The fraction of sp³-hybridized carbons (Fsp3) is 0.533. The van der Waals surface area contributed by atoms with Crippen LogP contribution in [0.1, 0.15) is 43.7 Å². The summed E-state index contributed by atoms with van der Waals surface area (Å²) in [7, 11) is 0. The average Bonchev–Trinajstić information content (AvgIpc) is 2.34. The van der Waals surface area contributed by atoms with Gasteiger partial charge in [-0.05, 0) is 37.8 Å². The molecule has 2 atom stereocenters. The van der Waals surface area contributed by atoms with Crippen molar-refractivity contribution in [3.63, 3.8) is 0 Å². The van der Waals surface area contributed by atoms with Crippen LogP contribution in [0.15, 0.2) is 18.2 Å². The fourth-order valence-corrected chi connectivity index (χ4v) is 2.89. The Morgan fingerprint density at radius 1 is 1.33 bits per heavy atom. The highest BCUT2D eigenvalue weighted by molar-refractivity contribution is 7.80. The van der Waals surface area contributed by atoms with Gasteiger partial charge in [-0.1, -0.05) is 43.6 Å². The van der Waals surface area contributed by atoms with Gasteiger partial charge in [-0.2, -0.15) is 0 Å². The van der Waals surface area contributed by atoms with Crippen molar-refractivity contribution >= 4 is 22.9 Å². The van der Waals surface area contributed by atoms with Gasteiger partial charge in [-0.25, -0.2) is 0 Å². The summed E-state index contributed by atoms with van der Waals surface area (Å²) in [5.74, 6) is 0.722. The molecule has 1 fully saturated rings. The van der Waals surface area contributed by atoms with Crippen LogP contribution in [0, 0.1) is 12.8 Å². The number of thiocarbonyl (C=S) groups is 1. The van der Waals surface area contributed by atoms with Crippen molar-refractivity contribution in [1.29, 1.82) is 0 Å². The smallest absolute Gasteiger partial charge is 0.106 e. The zero-order valence-electron chi connectivity index (χ0n) is 11.2. The first kappa shape index (κ1) is 13.3. The lowest BCUT2D eigenvalue weighted by Crippen LogP contribution is -2.31. The molecule has 2 rings (SSSR count). The Kier molecular flexibility index (Phi) is 4.23. The lowest BCUT2D eigenvalue weighted by atomic mass is 9.85. The molecule has 0 aliphatic heterocycles. The third-order valence-corrected chi connectivity index (χ3v) is 4.11. The van der Waals surface area contributed by atoms with Crippen molar-refractivity contribution in [3.05, 3.63) is 29.3 Å². The largest absolute Gasteiger partial charge is 0.389 e. The van der Waals surface area contributed by atoms with Crippen LogP contribution in [0.2, 0.25) is 0 Å². The van der Waals surface area contributed by atoms with Crippen molar-refractivity contribution in [1.82, 2.24) is 0 Å². The lowest BCUT2D eigenvalue weighted by Gasteiger charge is -2.31. The number of benzene rings is 1. The molecule has 1 aliphatic carbocycles. The molecule has 0 heterocycles. The molecule has 0 bridgehead atoms. The molecule has 1 saturated carbocycles. The molecule has 18 heavy (non-hydrogen) atoms. The molecule has 0 amide bonds. The van der Waals surface area contributed by atoms with Crippen LogP contribution in [-0.4, -0.2) is 11.0 Å². The van der Waals surface area contributed by atoms with Gasteiger partial charge in [0, 0.05) is 17.3 Å². The second-order valence-corrected chi connectivity index (χ2v) is 5.87. The minimum atomic E-state index is 0.477. The first-order valence-electron chi connectivity index (χ1n) is 6.75. The summed E-state index contributed by atoms with van der Waals surface area (Å²) < 4.78 is 0. The molecule has 1 aromatic carbocycles. The molecular weight excluding hydrogens is 240 g/mol. The molecule has 1 aromatic rings. The van der Waals surface area contributed by atoms with E-state index in [4.69, 9.17) is 18.0 Å². The number of hydrogen-bond acceptors (Lipinski definition) is 2. The van der Waals surface area contributed by atoms with E-state index in [1.165, 1.54) is 31.2 Å². The van der Waals surface area contributed by atoms with E-state index in [2.05, 4.69) is 37.4 Å². The molecule has 3 heteroatoms. The summed E-state index contributed by atoms with van der Waals surface area (Å²) in [6, 6.07) is 6.83. The van der Waals surface area contributed by atoms with Crippen LogP contribution in [0.5, 0.6) is 0 Å². The van der Waals surface area contributed by atoms with Crippen LogP contribution in [0.25, 0.3) is 0 Å². The Morgan fingerprint density at radius 2 is 2.06 bits per heavy atom. The first-order chi connectivity index (χ1) is 8.58. The normalized spacial score (nSPS) is 23.7. The zero-order valence-corrected chi connectivity index (χ0v) is 12.0. The Bertz CT molecular complexity index is 442. The molecular formula is C15H22N2S. The number of anilines is 1. The SMILES string of the molecule is Cc1ccc(NC2CCCCC2C)c(C(N)=S)c1. The molecule has 0 radical (unpaired) electrons. The average molecular weight is 262 g/mol. The summed E-state index contributed by atoms with van der Waals surface area (Å²) in [4.78, 5) is 0.477. The van der Waals surface area contributed by atoms with E-state index in [0.29, 0.717) is 11.0 Å². The predicted octanol–water partition coefficient (Wildman–Crippen LogP) is 3.62. The molecule has 0 saturated heterocycles. The summed E-state index contributed by atoms with van der Waals surface area (Å²) in [5.41, 5.74) is 9.07. The highest BCUT2D eigenvalue weighted by Gasteiger charge is 2.21. The minimum Gasteiger partial charge on any atom is -0.389 e. The molecule has 2 unspecified atom stereocenters. The summed E-state index contributed by atoms with van der Waals surface area (Å²) in [5, 5.41) is 3.64. The first-order valence-corrected chi connectivity index (χ1v) is 7.15. The lowest BCUT2D eigenvalue weighted by molar-refractivity contribution is 0.349. The van der Waals surface area contributed by atoms with Gasteiger partial charge in [0.1, 0.15) is 4.99 Å². The van der Waals surface area contributed by atoms with Crippen LogP contribution in [0.4, 0.5) is 5.69 Å². The maximum atomic E-state index is 5.81. The quantitative estimate of drug-likeness (QED) is 0.817. The molecule has 98 valence electrons. The van der Waals surface area contributed by atoms with Crippen molar-refractivity contribution in [2.45, 2.75) is 45.6 Å². The van der Waals surface area contributed by atoms with Gasteiger partial charge in [0.2, 0.25) is 0 Å². The number of aryl methyl sites for hydroxylation is 1. The van der Waals surface area contributed by atoms with Gasteiger partial charge in [-0.15, -0.1) is 0 Å². The van der Waals surface area contributed by atoms with Gasteiger partial charge in [0.15, 0.2) is 0 Å². The van der Waals surface area contributed by atoms with E-state index in [0.717, 1.165) is 17.2 Å². The third kappa shape index (κ3) is 3.02. The topological polar surface area (TPSA) is 38.0 Å². The molecule has 3 N–H and O–H groups in total. The Balaban J connectivity index is 2.20. The number of hydrogen-bond donors (Lipinski definition) is 2. The second kappa shape index (κ2) is 5.70. The Hall–Kier alpha value is -1.09. The van der Waals surface area contributed by atoms with E-state index in [9.17, 15) is 0 Å². The predicted molar refractivity (Wildman–Crippen MR) is 82.1 cm³/mol. The van der Waals surface area contributed by atoms with Crippen molar-refractivity contribution < 1.29 is 0 Å². The van der Waals surface area contributed by atoms with E-state index < -0.39 is 0 Å². The van der Waals surface area contributed by atoms with Crippen LogP contribution in [-0.2, 0) is 0 Å². The number of nitrogens with two attached hydrogens (primary N) is 1. The maximum Gasteiger partial charge on any atom is 0.106 e. The van der Waals surface area contributed by atoms with E-state index in [-0.39, 0.29) is 0 Å². The molecule has 0 aromatic heterocycles. The van der Waals surface area contributed by atoms with Crippen molar-refractivity contribution in [3.8, 4) is 0 Å². The highest BCUT2D eigenvalue weighted by Crippen LogP contribution is 2.28. The molecule has 2 nitrogen and oxygen atoms in total. The third-order valence-electron chi connectivity index (χ3n) is 3.89. The molecule has 0 spiro atoms. The van der Waals surface area contributed by atoms with Crippen LogP contribution < -0.4 is 11.1 Å². The summed E-state index contributed by atoms with van der Waals surface area (Å²) in [6.07, 6.45) is 5.23. The molecule has 1 aliphatic rings. The van der Waals surface area contributed by atoms with E-state index in [1.807, 2.05) is 0 Å². The summed E-state index contributed by atoms with van der Waals surface area (Å²) >= 11 is 5.14. The van der Waals surface area contributed by atoms with Gasteiger partial charge < -0.3 is 11.1 Å². The monoisotopic (exact) mass is 262 g/mol. The van der Waals surface area contributed by atoms with Crippen molar-refractivity contribution in [2.24, 2.45) is 11.7 Å². The summed E-state index contributed by atoms with van der Waals surface area (Å²) in [6.45, 7) is 4.39. The van der Waals surface area contributed by atoms with Crippen LogP contribution >= 0.6 is 12.2 Å². The van der Waals surface area contributed by atoms with E-state index >= 15 is 0 Å².